The third-order valence-electron chi connectivity index (χ3n) is 5.89. The van der Waals surface area contributed by atoms with Gasteiger partial charge in [0.25, 0.3) is 0 Å². The van der Waals surface area contributed by atoms with Crippen LogP contribution in [0.5, 0.6) is 0 Å². The summed E-state index contributed by atoms with van der Waals surface area (Å²) in [4.78, 5) is 27.7. The topological polar surface area (TPSA) is 126 Å². The van der Waals surface area contributed by atoms with Crippen molar-refractivity contribution in [3.05, 3.63) is 30.1 Å². The molecule has 2 aliphatic rings. The summed E-state index contributed by atoms with van der Waals surface area (Å²) in [5, 5.41) is 11.2. The number of piperidine rings is 1. The lowest BCUT2D eigenvalue weighted by Crippen LogP contribution is -2.33. The lowest BCUT2D eigenvalue weighted by molar-refractivity contribution is -0.123. The van der Waals surface area contributed by atoms with Gasteiger partial charge in [-0.2, -0.15) is 15.1 Å². The molecule has 5 rings (SSSR count). The van der Waals surface area contributed by atoms with Crippen LogP contribution < -0.4 is 16.0 Å². The van der Waals surface area contributed by atoms with Gasteiger partial charge in [-0.15, -0.1) is 0 Å². The minimum absolute atomic E-state index is 0.103. The largest absolute Gasteiger partial charge is 0.369 e. The van der Waals surface area contributed by atoms with Gasteiger partial charge in [0.05, 0.1) is 10.8 Å². The number of carbonyl (C=O) groups is 1. The highest BCUT2D eigenvalue weighted by Crippen LogP contribution is 2.68. The van der Waals surface area contributed by atoms with E-state index in [2.05, 4.69) is 32.4 Å². The first kappa shape index (κ1) is 16.0. The van der Waals surface area contributed by atoms with Gasteiger partial charge in [0.15, 0.2) is 11.5 Å². The summed E-state index contributed by atoms with van der Waals surface area (Å²) in [5.41, 5.74) is 6.65. The molecule has 0 aromatic carbocycles. The molecule has 0 spiro atoms. The number of rotatable bonds is 4. The molecule has 2 unspecified atom stereocenters. The molecule has 9 nitrogen and oxygen atoms in total. The van der Waals surface area contributed by atoms with Crippen molar-refractivity contribution in [1.82, 2.24) is 25.1 Å². The lowest BCUT2D eigenvalue weighted by Gasteiger charge is -2.21. The Morgan fingerprint density at radius 2 is 2.22 bits per heavy atom. The van der Waals surface area contributed by atoms with Crippen molar-refractivity contribution in [3.8, 4) is 0 Å². The number of carbonyl (C=O) groups excluding carboxylic acids is 1. The first-order valence-electron chi connectivity index (χ1n) is 8.87. The number of aryl methyl sites for hydroxylation is 1. The van der Waals surface area contributed by atoms with Crippen LogP contribution in [-0.2, 0) is 4.79 Å². The number of amides is 1. The average molecular weight is 364 g/mol. The number of primary amides is 1. The molecule has 2 atom stereocenters. The van der Waals surface area contributed by atoms with Gasteiger partial charge in [-0.05, 0) is 25.5 Å². The van der Waals surface area contributed by atoms with E-state index >= 15 is 0 Å². The van der Waals surface area contributed by atoms with Crippen molar-refractivity contribution in [1.29, 1.82) is 0 Å². The monoisotopic (exact) mass is 364 g/mol. The van der Waals surface area contributed by atoms with Crippen LogP contribution in [0.2, 0.25) is 0 Å². The number of hydrogen-bond acceptors (Lipinski definition) is 7. The summed E-state index contributed by atoms with van der Waals surface area (Å²) in [5.74, 6) is 1.61. The molecule has 1 aliphatic heterocycles. The molecule has 0 radical (unpaired) electrons. The normalized spacial score (nSPS) is 26.2. The lowest BCUT2D eigenvalue weighted by atomic mass is 9.98. The number of anilines is 3. The number of H-pyrrole nitrogens is 1. The maximum atomic E-state index is 12.0. The summed E-state index contributed by atoms with van der Waals surface area (Å²) >= 11 is 0. The average Bonchev–Trinajstić information content (AvgIpc) is 2.90. The Morgan fingerprint density at radius 3 is 2.93 bits per heavy atom. The van der Waals surface area contributed by atoms with E-state index in [0.29, 0.717) is 36.3 Å². The summed E-state index contributed by atoms with van der Waals surface area (Å²) < 4.78 is 0. The van der Waals surface area contributed by atoms with E-state index in [1.807, 2.05) is 30.0 Å². The molecule has 9 heteroatoms. The van der Waals surface area contributed by atoms with Crippen LogP contribution in [0.3, 0.4) is 0 Å². The van der Waals surface area contributed by atoms with Crippen molar-refractivity contribution in [2.45, 2.75) is 20.3 Å². The van der Waals surface area contributed by atoms with E-state index in [1.54, 1.807) is 6.20 Å². The standard InChI is InChI=1S/C18H20N8O/c1-10-6-12(25-24-10)21-14-11-4-3-5-20-13(11)22-16(23-14)26-8-17(2)7-18(17,9-26)15(19)27/h3-6H,7-9H2,1-2H3,(H2,19,27)(H2,20,21,22,23,24,25). The second kappa shape index (κ2) is 5.15. The zero-order valence-corrected chi connectivity index (χ0v) is 15.2. The first-order chi connectivity index (χ1) is 12.9. The van der Waals surface area contributed by atoms with Gasteiger partial charge in [-0.3, -0.25) is 9.89 Å². The fourth-order valence-corrected chi connectivity index (χ4v) is 4.27. The summed E-state index contributed by atoms with van der Waals surface area (Å²) in [6.07, 6.45) is 2.53. The highest BCUT2D eigenvalue weighted by molar-refractivity contribution is 5.90. The maximum Gasteiger partial charge on any atom is 0.229 e. The van der Waals surface area contributed by atoms with Crippen LogP contribution >= 0.6 is 0 Å². The number of aromatic amines is 1. The Labute approximate surface area is 155 Å². The first-order valence-corrected chi connectivity index (χ1v) is 8.87. The number of hydrogen-bond donors (Lipinski definition) is 3. The SMILES string of the molecule is Cc1cc(Nc2nc(N3CC4(C)CC4(C(N)=O)C3)nc3ncccc23)n[nH]1. The molecule has 1 saturated carbocycles. The van der Waals surface area contributed by atoms with Crippen molar-refractivity contribution in [2.24, 2.45) is 16.6 Å². The number of nitrogens with zero attached hydrogens (tertiary/aromatic N) is 5. The van der Waals surface area contributed by atoms with E-state index in [1.165, 1.54) is 0 Å². The van der Waals surface area contributed by atoms with E-state index in [-0.39, 0.29) is 11.3 Å². The second-order valence-electron chi connectivity index (χ2n) is 7.85. The molecule has 1 aliphatic carbocycles. The Morgan fingerprint density at radius 1 is 1.37 bits per heavy atom. The number of nitrogens with one attached hydrogen (secondary N) is 2. The van der Waals surface area contributed by atoms with Crippen molar-refractivity contribution >= 4 is 34.5 Å². The molecular weight excluding hydrogens is 344 g/mol. The van der Waals surface area contributed by atoms with Gasteiger partial charge in [0, 0.05) is 36.5 Å². The molecule has 3 aromatic heterocycles. The third kappa shape index (κ3) is 2.27. The van der Waals surface area contributed by atoms with Gasteiger partial charge in [0.1, 0.15) is 5.82 Å². The number of pyridine rings is 1. The minimum atomic E-state index is -0.470. The van der Waals surface area contributed by atoms with Crippen molar-refractivity contribution < 1.29 is 4.79 Å². The predicted octanol–water partition coefficient (Wildman–Crippen LogP) is 1.50. The summed E-state index contributed by atoms with van der Waals surface area (Å²) in [6, 6.07) is 5.67. The fourth-order valence-electron chi connectivity index (χ4n) is 4.27. The van der Waals surface area contributed by atoms with Crippen LogP contribution in [0, 0.1) is 17.8 Å². The van der Waals surface area contributed by atoms with Gasteiger partial charge in [-0.25, -0.2) is 4.98 Å². The van der Waals surface area contributed by atoms with Gasteiger partial charge >= 0.3 is 0 Å². The second-order valence-corrected chi connectivity index (χ2v) is 7.85. The summed E-state index contributed by atoms with van der Waals surface area (Å²) in [6.45, 7) is 5.28. The van der Waals surface area contributed by atoms with E-state index < -0.39 is 5.41 Å². The number of fused-ring (bicyclic) bond motifs is 2. The molecule has 4 N–H and O–H groups in total. The van der Waals surface area contributed by atoms with Crippen LogP contribution in [0.15, 0.2) is 24.4 Å². The highest BCUT2D eigenvalue weighted by Gasteiger charge is 2.73. The molecule has 27 heavy (non-hydrogen) atoms. The van der Waals surface area contributed by atoms with Gasteiger partial charge < -0.3 is 16.0 Å². The van der Waals surface area contributed by atoms with Crippen LogP contribution in [-0.4, -0.2) is 44.1 Å². The Kier molecular flexibility index (Phi) is 3.05. The quantitative estimate of drug-likeness (QED) is 0.640. The van der Waals surface area contributed by atoms with Crippen LogP contribution in [0.1, 0.15) is 19.0 Å². The number of aromatic nitrogens is 5. The predicted molar refractivity (Wildman–Crippen MR) is 101 cm³/mol. The maximum absolute atomic E-state index is 12.0. The van der Waals surface area contributed by atoms with E-state index in [4.69, 9.17) is 10.7 Å². The van der Waals surface area contributed by atoms with Crippen molar-refractivity contribution in [3.63, 3.8) is 0 Å². The molecule has 3 aromatic rings. The molecule has 1 saturated heterocycles. The third-order valence-corrected chi connectivity index (χ3v) is 5.89. The van der Waals surface area contributed by atoms with Gasteiger partial charge in [-0.1, -0.05) is 6.92 Å². The number of nitrogens with two attached hydrogens (primary N) is 1. The van der Waals surface area contributed by atoms with Crippen LogP contribution in [0.4, 0.5) is 17.6 Å². The Hall–Kier alpha value is -3.23. The Balaban J connectivity index is 1.55. The van der Waals surface area contributed by atoms with E-state index in [0.717, 1.165) is 17.5 Å². The van der Waals surface area contributed by atoms with Crippen molar-refractivity contribution in [2.75, 3.05) is 23.3 Å². The zero-order chi connectivity index (χ0) is 18.8. The zero-order valence-electron chi connectivity index (χ0n) is 15.2. The molecule has 2 fully saturated rings. The highest BCUT2D eigenvalue weighted by atomic mass is 16.1. The molecule has 0 bridgehead atoms. The summed E-state index contributed by atoms with van der Waals surface area (Å²) in [7, 11) is 0. The van der Waals surface area contributed by atoms with Crippen LogP contribution in [0.25, 0.3) is 11.0 Å². The fraction of sp³-hybridized carbons (Fsp3) is 0.389. The minimum Gasteiger partial charge on any atom is -0.369 e. The molecular formula is C18H20N8O. The Bertz CT molecular complexity index is 1080. The molecule has 1 amide bonds. The molecule has 4 heterocycles. The van der Waals surface area contributed by atoms with Gasteiger partial charge in [0.2, 0.25) is 11.9 Å². The smallest absolute Gasteiger partial charge is 0.229 e. The van der Waals surface area contributed by atoms with E-state index in [9.17, 15) is 4.79 Å². The molecule has 138 valence electrons.